The van der Waals surface area contributed by atoms with Crippen LogP contribution in [0, 0.1) is 20.8 Å². The Kier molecular flexibility index (Phi) is 7.69. The molecule has 0 saturated carbocycles. The summed E-state index contributed by atoms with van der Waals surface area (Å²) >= 11 is 0. The highest BCUT2D eigenvalue weighted by Gasteiger charge is 2.27. The maximum absolute atomic E-state index is 12.5. The molecule has 0 aromatic heterocycles. The highest BCUT2D eigenvalue weighted by molar-refractivity contribution is 5.96. The van der Waals surface area contributed by atoms with Crippen molar-refractivity contribution in [3.8, 4) is 5.75 Å². The molecule has 1 aliphatic heterocycles. The van der Waals surface area contributed by atoms with Crippen molar-refractivity contribution in [3.05, 3.63) is 58.7 Å². The van der Waals surface area contributed by atoms with Crippen molar-refractivity contribution in [2.24, 2.45) is 0 Å². The minimum absolute atomic E-state index is 0.0346. The van der Waals surface area contributed by atoms with Crippen LogP contribution in [0.25, 0.3) is 0 Å². The summed E-state index contributed by atoms with van der Waals surface area (Å²) in [6, 6.07) is 12.4. The first-order valence-electron chi connectivity index (χ1n) is 11.0. The number of anilines is 1. The lowest BCUT2D eigenvalue weighted by Crippen LogP contribution is -2.40. The average Bonchev–Trinajstić information content (AvgIpc) is 3.18. The van der Waals surface area contributed by atoms with E-state index in [1.807, 2.05) is 52.0 Å². The van der Waals surface area contributed by atoms with Gasteiger partial charge in [-0.05, 0) is 75.9 Å². The van der Waals surface area contributed by atoms with Crippen LogP contribution in [0.4, 0.5) is 5.69 Å². The average molecular weight is 424 g/mol. The van der Waals surface area contributed by atoms with Crippen LogP contribution in [-0.4, -0.2) is 43.0 Å². The van der Waals surface area contributed by atoms with E-state index in [1.54, 1.807) is 0 Å². The van der Waals surface area contributed by atoms with E-state index in [0.29, 0.717) is 6.61 Å². The second-order valence-corrected chi connectivity index (χ2v) is 8.23. The van der Waals surface area contributed by atoms with Gasteiger partial charge in [-0.1, -0.05) is 29.8 Å². The lowest BCUT2D eigenvalue weighted by Gasteiger charge is -2.24. The summed E-state index contributed by atoms with van der Waals surface area (Å²) < 4.78 is 5.52. The van der Waals surface area contributed by atoms with Crippen molar-refractivity contribution < 1.29 is 14.3 Å². The summed E-state index contributed by atoms with van der Waals surface area (Å²) in [5.74, 6) is 0.511. The highest BCUT2D eigenvalue weighted by atomic mass is 16.5. The van der Waals surface area contributed by atoms with Gasteiger partial charge in [0.05, 0.1) is 19.7 Å². The molecule has 0 radical (unpaired) electrons. The van der Waals surface area contributed by atoms with Gasteiger partial charge in [-0.25, -0.2) is 0 Å². The minimum atomic E-state index is -0.215. The fourth-order valence-corrected chi connectivity index (χ4v) is 4.33. The molecule has 1 aliphatic rings. The number of carbonyl (C=O) groups is 2. The lowest BCUT2D eigenvalue weighted by atomic mass is 10.0. The van der Waals surface area contributed by atoms with Crippen LogP contribution in [0.15, 0.2) is 36.4 Å². The van der Waals surface area contributed by atoms with Gasteiger partial charge in [0.15, 0.2) is 0 Å². The van der Waals surface area contributed by atoms with Crippen molar-refractivity contribution >= 4 is 17.5 Å². The number of hydrogen-bond acceptors (Lipinski definition) is 4. The molecule has 1 fully saturated rings. The first-order valence-corrected chi connectivity index (χ1v) is 11.0. The predicted octanol–water partition coefficient (Wildman–Crippen LogP) is 3.90. The molecule has 166 valence electrons. The number of rotatable bonds is 8. The molecule has 0 aliphatic carbocycles. The maximum Gasteiger partial charge on any atom is 0.243 e. The van der Waals surface area contributed by atoms with E-state index in [-0.39, 0.29) is 30.9 Å². The lowest BCUT2D eigenvalue weighted by molar-refractivity contribution is -0.125. The van der Waals surface area contributed by atoms with E-state index in [1.165, 1.54) is 5.56 Å². The smallest absolute Gasteiger partial charge is 0.243 e. The van der Waals surface area contributed by atoms with Crippen molar-refractivity contribution in [2.45, 2.75) is 46.6 Å². The van der Waals surface area contributed by atoms with Crippen LogP contribution < -0.4 is 15.4 Å². The van der Waals surface area contributed by atoms with E-state index >= 15 is 0 Å². The SMILES string of the molecule is CCOc1ccc(C2CCCN2CC(=O)NCC(=O)Nc2c(C)cc(C)cc2C)cc1. The molecule has 0 bridgehead atoms. The molecule has 0 spiro atoms. The van der Waals surface area contributed by atoms with Gasteiger partial charge in [0.2, 0.25) is 11.8 Å². The summed E-state index contributed by atoms with van der Waals surface area (Å²) in [5, 5.41) is 5.69. The third-order valence-electron chi connectivity index (χ3n) is 5.67. The van der Waals surface area contributed by atoms with Gasteiger partial charge in [0.1, 0.15) is 5.75 Å². The summed E-state index contributed by atoms with van der Waals surface area (Å²) in [6.45, 7) is 9.72. The minimum Gasteiger partial charge on any atom is -0.494 e. The third-order valence-corrected chi connectivity index (χ3v) is 5.67. The number of carbonyl (C=O) groups excluding carboxylic acids is 2. The molecule has 1 heterocycles. The quantitative estimate of drug-likeness (QED) is 0.676. The van der Waals surface area contributed by atoms with Gasteiger partial charge in [0, 0.05) is 11.7 Å². The van der Waals surface area contributed by atoms with Gasteiger partial charge in [-0.3, -0.25) is 14.5 Å². The van der Waals surface area contributed by atoms with Crippen molar-refractivity contribution in [1.82, 2.24) is 10.2 Å². The van der Waals surface area contributed by atoms with Gasteiger partial charge in [-0.2, -0.15) is 0 Å². The molecule has 1 saturated heterocycles. The Hall–Kier alpha value is -2.86. The molecule has 2 amide bonds. The Morgan fingerprint density at radius 2 is 1.74 bits per heavy atom. The Morgan fingerprint density at radius 1 is 1.06 bits per heavy atom. The van der Waals surface area contributed by atoms with Crippen LogP contribution in [-0.2, 0) is 9.59 Å². The normalized spacial score (nSPS) is 16.2. The van der Waals surface area contributed by atoms with Gasteiger partial charge in [0.25, 0.3) is 0 Å². The van der Waals surface area contributed by atoms with Crippen LogP contribution in [0.2, 0.25) is 0 Å². The molecule has 1 atom stereocenters. The summed E-state index contributed by atoms with van der Waals surface area (Å²) in [7, 11) is 0. The number of nitrogens with zero attached hydrogens (tertiary/aromatic N) is 1. The summed E-state index contributed by atoms with van der Waals surface area (Å²) in [5.41, 5.74) is 5.21. The Balaban J connectivity index is 1.51. The molecule has 2 aromatic rings. The van der Waals surface area contributed by atoms with Crippen LogP contribution in [0.5, 0.6) is 5.75 Å². The fourth-order valence-electron chi connectivity index (χ4n) is 4.33. The van der Waals surface area contributed by atoms with E-state index in [2.05, 4.69) is 27.7 Å². The molecule has 2 aromatic carbocycles. The maximum atomic E-state index is 12.5. The molecule has 2 N–H and O–H groups in total. The van der Waals surface area contributed by atoms with E-state index in [0.717, 1.165) is 47.5 Å². The Labute approximate surface area is 185 Å². The Bertz CT molecular complexity index is 901. The molecule has 31 heavy (non-hydrogen) atoms. The monoisotopic (exact) mass is 423 g/mol. The van der Waals surface area contributed by atoms with Crippen LogP contribution in [0.1, 0.15) is 48.1 Å². The highest BCUT2D eigenvalue weighted by Crippen LogP contribution is 2.32. The first kappa shape index (κ1) is 22.8. The number of likely N-dealkylation sites (tertiary alicyclic amines) is 1. The number of benzene rings is 2. The van der Waals surface area contributed by atoms with E-state index in [9.17, 15) is 9.59 Å². The number of nitrogens with one attached hydrogen (secondary N) is 2. The largest absolute Gasteiger partial charge is 0.494 e. The zero-order chi connectivity index (χ0) is 22.4. The second-order valence-electron chi connectivity index (χ2n) is 8.23. The zero-order valence-corrected chi connectivity index (χ0v) is 19.0. The number of hydrogen-bond donors (Lipinski definition) is 2. The summed E-state index contributed by atoms with van der Waals surface area (Å²) in [6.07, 6.45) is 2.07. The van der Waals surface area contributed by atoms with Gasteiger partial charge in [-0.15, -0.1) is 0 Å². The Morgan fingerprint density at radius 3 is 2.39 bits per heavy atom. The third kappa shape index (κ3) is 6.07. The fraction of sp³-hybridized carbons (Fsp3) is 0.440. The zero-order valence-electron chi connectivity index (χ0n) is 19.0. The number of aryl methyl sites for hydroxylation is 3. The van der Waals surface area contributed by atoms with Crippen molar-refractivity contribution in [2.75, 3.05) is 31.6 Å². The molecule has 6 nitrogen and oxygen atoms in total. The molecule has 3 rings (SSSR count). The predicted molar refractivity (Wildman–Crippen MR) is 123 cm³/mol. The number of ether oxygens (including phenoxy) is 1. The van der Waals surface area contributed by atoms with E-state index in [4.69, 9.17) is 4.74 Å². The topological polar surface area (TPSA) is 70.7 Å². The van der Waals surface area contributed by atoms with Gasteiger partial charge >= 0.3 is 0 Å². The second kappa shape index (κ2) is 10.4. The van der Waals surface area contributed by atoms with Crippen molar-refractivity contribution in [1.29, 1.82) is 0 Å². The molecular formula is C25H33N3O3. The van der Waals surface area contributed by atoms with E-state index < -0.39 is 0 Å². The van der Waals surface area contributed by atoms with Crippen LogP contribution in [0.3, 0.4) is 0 Å². The molecule has 6 heteroatoms. The molecular weight excluding hydrogens is 390 g/mol. The number of amides is 2. The van der Waals surface area contributed by atoms with Crippen molar-refractivity contribution in [3.63, 3.8) is 0 Å². The standard InChI is InChI=1S/C25H33N3O3/c1-5-31-21-10-8-20(9-11-21)22-7-6-12-28(22)16-24(30)26-15-23(29)27-25-18(3)13-17(2)14-19(25)4/h8-11,13-14,22H,5-7,12,15-16H2,1-4H3,(H,26,30)(H,27,29). The van der Waals surface area contributed by atoms with Gasteiger partial charge < -0.3 is 15.4 Å². The molecule has 1 unspecified atom stereocenters. The first-order chi connectivity index (χ1) is 14.9. The van der Waals surface area contributed by atoms with Crippen LogP contribution >= 0.6 is 0 Å². The summed E-state index contributed by atoms with van der Waals surface area (Å²) in [4.78, 5) is 27.0.